The predicted octanol–water partition coefficient (Wildman–Crippen LogP) is 3.54. The zero-order valence-corrected chi connectivity index (χ0v) is 14.5. The monoisotopic (exact) mass is 341 g/mol. The number of nitrogens with zero attached hydrogens (tertiary/aromatic N) is 2. The summed E-state index contributed by atoms with van der Waals surface area (Å²) in [6.07, 6.45) is 3.42. The first kappa shape index (κ1) is 18.4. The van der Waals surface area contributed by atoms with Crippen molar-refractivity contribution in [3.05, 3.63) is 53.7 Å². The summed E-state index contributed by atoms with van der Waals surface area (Å²) in [5, 5.41) is 12.2. The van der Waals surface area contributed by atoms with Gasteiger partial charge in [0, 0.05) is 20.0 Å². The predicted molar refractivity (Wildman–Crippen MR) is 97.9 cm³/mol. The van der Waals surface area contributed by atoms with E-state index in [9.17, 15) is 14.7 Å². The first-order valence-corrected chi connectivity index (χ1v) is 8.31. The van der Waals surface area contributed by atoms with Crippen LogP contribution >= 0.6 is 0 Å². The highest BCUT2D eigenvalue weighted by Crippen LogP contribution is 2.24. The van der Waals surface area contributed by atoms with Gasteiger partial charge >= 0.3 is 5.97 Å². The minimum Gasteiger partial charge on any atom is -0.478 e. The molecule has 0 aliphatic carbocycles. The molecule has 0 saturated carbocycles. The highest BCUT2D eigenvalue weighted by Gasteiger charge is 2.19. The van der Waals surface area contributed by atoms with E-state index >= 15 is 0 Å². The number of carboxylic acids is 1. The van der Waals surface area contributed by atoms with Crippen molar-refractivity contribution < 1.29 is 14.7 Å². The number of anilines is 2. The fraction of sp³-hybridized carbons (Fsp3) is 0.316. The fourth-order valence-corrected chi connectivity index (χ4v) is 2.55. The van der Waals surface area contributed by atoms with E-state index in [-0.39, 0.29) is 11.5 Å². The van der Waals surface area contributed by atoms with Crippen molar-refractivity contribution in [2.75, 3.05) is 16.8 Å². The van der Waals surface area contributed by atoms with Crippen molar-refractivity contribution in [1.29, 1.82) is 0 Å². The number of benzene rings is 1. The molecule has 0 spiro atoms. The van der Waals surface area contributed by atoms with Crippen molar-refractivity contribution in [2.45, 2.75) is 33.2 Å². The maximum atomic E-state index is 11.7. The highest BCUT2D eigenvalue weighted by atomic mass is 16.4. The van der Waals surface area contributed by atoms with Gasteiger partial charge in [-0.15, -0.1) is 0 Å². The Labute approximate surface area is 147 Å². The number of hydrogen-bond acceptors (Lipinski definition) is 4. The number of amides is 1. The molecule has 0 unspecified atom stereocenters. The molecule has 25 heavy (non-hydrogen) atoms. The minimum atomic E-state index is -1.07. The molecule has 0 fully saturated rings. The van der Waals surface area contributed by atoms with Crippen molar-refractivity contribution in [3.63, 3.8) is 0 Å². The van der Waals surface area contributed by atoms with Crippen molar-refractivity contribution in [3.8, 4) is 0 Å². The summed E-state index contributed by atoms with van der Waals surface area (Å²) in [6.45, 7) is 4.75. The molecule has 1 amide bonds. The fourth-order valence-electron chi connectivity index (χ4n) is 2.55. The third-order valence-corrected chi connectivity index (χ3v) is 3.71. The van der Waals surface area contributed by atoms with E-state index in [4.69, 9.17) is 0 Å². The van der Waals surface area contributed by atoms with Gasteiger partial charge in [-0.25, -0.2) is 9.78 Å². The zero-order chi connectivity index (χ0) is 18.2. The lowest BCUT2D eigenvalue weighted by Crippen LogP contribution is -2.27. The number of carbonyl (C=O) groups excluding carboxylic acids is 1. The summed E-state index contributed by atoms with van der Waals surface area (Å²) in [5.74, 6) is -0.916. The molecule has 0 saturated heterocycles. The number of carboxylic acid groups (broad SMARTS) is 1. The van der Waals surface area contributed by atoms with Gasteiger partial charge in [0.05, 0.1) is 11.9 Å². The molecule has 0 atom stereocenters. The lowest BCUT2D eigenvalue weighted by molar-refractivity contribution is -0.114. The molecule has 0 bridgehead atoms. The second kappa shape index (κ2) is 8.82. The summed E-state index contributed by atoms with van der Waals surface area (Å²) >= 11 is 0. The number of carbonyl (C=O) groups is 2. The van der Waals surface area contributed by atoms with Gasteiger partial charge in [-0.1, -0.05) is 43.7 Å². The summed E-state index contributed by atoms with van der Waals surface area (Å²) in [6, 6.07) is 11.3. The van der Waals surface area contributed by atoms with Gasteiger partial charge in [-0.3, -0.25) is 4.79 Å². The van der Waals surface area contributed by atoms with E-state index in [0.29, 0.717) is 24.6 Å². The van der Waals surface area contributed by atoms with Crippen LogP contribution < -0.4 is 10.2 Å². The van der Waals surface area contributed by atoms with Crippen LogP contribution in [0, 0.1) is 0 Å². The Morgan fingerprint density at radius 1 is 1.24 bits per heavy atom. The Morgan fingerprint density at radius 3 is 2.56 bits per heavy atom. The molecule has 2 N–H and O–H groups in total. The average molecular weight is 341 g/mol. The van der Waals surface area contributed by atoms with Crippen LogP contribution in [0.5, 0.6) is 0 Å². The van der Waals surface area contributed by atoms with Gasteiger partial charge in [0.2, 0.25) is 5.91 Å². The summed E-state index contributed by atoms with van der Waals surface area (Å²) < 4.78 is 0. The largest absolute Gasteiger partial charge is 0.478 e. The van der Waals surface area contributed by atoms with E-state index in [1.807, 2.05) is 35.2 Å². The smallest absolute Gasteiger partial charge is 0.339 e. The number of rotatable bonds is 8. The van der Waals surface area contributed by atoms with Crippen LogP contribution in [-0.2, 0) is 11.3 Å². The molecule has 6 heteroatoms. The molecule has 6 nitrogen and oxygen atoms in total. The van der Waals surface area contributed by atoms with Crippen LogP contribution in [0.25, 0.3) is 0 Å². The zero-order valence-electron chi connectivity index (χ0n) is 14.5. The molecule has 132 valence electrons. The van der Waals surface area contributed by atoms with E-state index in [2.05, 4.69) is 17.2 Å². The molecule has 0 aliphatic heterocycles. The number of pyridine rings is 1. The maximum absolute atomic E-state index is 11.7. The van der Waals surface area contributed by atoms with Gasteiger partial charge in [-0.2, -0.15) is 0 Å². The van der Waals surface area contributed by atoms with Gasteiger partial charge in [0.25, 0.3) is 0 Å². The molecule has 0 radical (unpaired) electrons. The van der Waals surface area contributed by atoms with E-state index in [1.165, 1.54) is 19.2 Å². The van der Waals surface area contributed by atoms with Crippen LogP contribution in [0.15, 0.2) is 42.6 Å². The first-order valence-electron chi connectivity index (χ1n) is 8.31. The standard InChI is InChI=1S/C19H23N3O3/c1-3-4-10-22(13-15-8-6-5-7-9-15)18-17(19(24)25)11-16(12-20-18)21-14(2)23/h5-9,11-12H,3-4,10,13H2,1-2H3,(H,21,23)(H,24,25). The second-order valence-corrected chi connectivity index (χ2v) is 5.84. The summed E-state index contributed by atoms with van der Waals surface area (Å²) in [4.78, 5) is 29.2. The van der Waals surface area contributed by atoms with Crippen LogP contribution in [0.2, 0.25) is 0 Å². The molecule has 1 heterocycles. The molecule has 0 aliphatic rings. The molecular formula is C19H23N3O3. The normalized spacial score (nSPS) is 10.3. The van der Waals surface area contributed by atoms with Crippen LogP contribution in [0.1, 0.15) is 42.6 Å². The molecule has 1 aromatic heterocycles. The Hall–Kier alpha value is -2.89. The third-order valence-electron chi connectivity index (χ3n) is 3.71. The number of aromatic nitrogens is 1. The van der Waals surface area contributed by atoms with Gasteiger partial charge < -0.3 is 15.3 Å². The lowest BCUT2D eigenvalue weighted by atomic mass is 10.1. The molecule has 2 rings (SSSR count). The SMILES string of the molecule is CCCCN(Cc1ccccc1)c1ncc(NC(C)=O)cc1C(=O)O. The quantitative estimate of drug-likeness (QED) is 0.767. The number of hydrogen-bond donors (Lipinski definition) is 2. The second-order valence-electron chi connectivity index (χ2n) is 5.84. The van der Waals surface area contributed by atoms with Crippen LogP contribution in [0.3, 0.4) is 0 Å². The summed E-state index contributed by atoms with van der Waals surface area (Å²) in [5.41, 5.74) is 1.55. The minimum absolute atomic E-state index is 0.0817. The van der Waals surface area contributed by atoms with Crippen LogP contribution in [0.4, 0.5) is 11.5 Å². The van der Waals surface area contributed by atoms with Crippen molar-refractivity contribution in [2.24, 2.45) is 0 Å². The number of unbranched alkanes of at least 4 members (excludes halogenated alkanes) is 1. The lowest BCUT2D eigenvalue weighted by Gasteiger charge is -2.25. The Bertz CT molecular complexity index is 732. The highest BCUT2D eigenvalue weighted by molar-refractivity contribution is 5.96. The van der Waals surface area contributed by atoms with Gasteiger partial charge in [-0.05, 0) is 18.1 Å². The average Bonchev–Trinajstić information content (AvgIpc) is 2.59. The van der Waals surface area contributed by atoms with Gasteiger partial charge in [0.15, 0.2) is 0 Å². The Kier molecular flexibility index (Phi) is 6.51. The van der Waals surface area contributed by atoms with Gasteiger partial charge in [0.1, 0.15) is 11.4 Å². The van der Waals surface area contributed by atoms with E-state index in [0.717, 1.165) is 18.4 Å². The maximum Gasteiger partial charge on any atom is 0.339 e. The van der Waals surface area contributed by atoms with E-state index in [1.54, 1.807) is 0 Å². The number of nitrogens with one attached hydrogen (secondary N) is 1. The van der Waals surface area contributed by atoms with E-state index < -0.39 is 5.97 Å². The first-order chi connectivity index (χ1) is 12.0. The summed E-state index contributed by atoms with van der Waals surface area (Å²) in [7, 11) is 0. The molecule has 1 aromatic carbocycles. The Balaban J connectivity index is 2.37. The van der Waals surface area contributed by atoms with Crippen molar-refractivity contribution >= 4 is 23.4 Å². The van der Waals surface area contributed by atoms with Crippen LogP contribution in [-0.4, -0.2) is 28.5 Å². The number of aromatic carboxylic acids is 1. The topological polar surface area (TPSA) is 82.5 Å². The third kappa shape index (κ3) is 5.31. The molecular weight excluding hydrogens is 318 g/mol. The van der Waals surface area contributed by atoms with Crippen molar-refractivity contribution in [1.82, 2.24) is 4.98 Å². The molecule has 2 aromatic rings. The Morgan fingerprint density at radius 2 is 1.96 bits per heavy atom.